The van der Waals surface area contributed by atoms with E-state index in [0.29, 0.717) is 6.42 Å². The smallest absolute Gasteiger partial charge is 0.200 e. The van der Waals surface area contributed by atoms with Crippen LogP contribution in [0.15, 0.2) is 35.1 Å². The van der Waals surface area contributed by atoms with Crippen LogP contribution in [0.3, 0.4) is 0 Å². The normalized spacial score (nSPS) is 19.3. The Kier molecular flexibility index (Phi) is 4.11. The first kappa shape index (κ1) is 13.5. The third-order valence-corrected chi connectivity index (χ3v) is 2.98. The van der Waals surface area contributed by atoms with Gasteiger partial charge in [0.25, 0.3) is 0 Å². The molecule has 4 nitrogen and oxygen atoms in total. The Morgan fingerprint density at radius 1 is 1.37 bits per heavy atom. The van der Waals surface area contributed by atoms with E-state index in [1.54, 1.807) is 0 Å². The van der Waals surface area contributed by atoms with Gasteiger partial charge in [-0.15, -0.1) is 0 Å². The van der Waals surface area contributed by atoms with Crippen LogP contribution in [-0.2, 0) is 0 Å². The molecule has 2 rings (SSSR count). The Balaban J connectivity index is 2.20. The second-order valence-corrected chi connectivity index (χ2v) is 4.34. The number of benzene rings is 1. The zero-order chi connectivity index (χ0) is 13.8. The third kappa shape index (κ3) is 3.08. The van der Waals surface area contributed by atoms with Gasteiger partial charge in [-0.05, 0) is 24.5 Å². The number of halogens is 2. The van der Waals surface area contributed by atoms with E-state index in [9.17, 15) is 8.78 Å². The van der Waals surface area contributed by atoms with Crippen LogP contribution in [0.2, 0.25) is 0 Å². The van der Waals surface area contributed by atoms with Crippen molar-refractivity contribution in [2.24, 2.45) is 16.8 Å². The highest BCUT2D eigenvalue weighted by atomic mass is 19.1. The molecule has 1 aromatic carbocycles. The van der Waals surface area contributed by atoms with E-state index in [1.807, 2.05) is 6.92 Å². The van der Waals surface area contributed by atoms with Gasteiger partial charge in [-0.1, -0.05) is 13.0 Å². The first-order chi connectivity index (χ1) is 9.11. The van der Waals surface area contributed by atoms with Crippen LogP contribution in [0.5, 0.6) is 5.75 Å². The molecule has 102 valence electrons. The molecule has 0 saturated carbocycles. The molecule has 0 aromatic heterocycles. The molecule has 1 aliphatic heterocycles. The van der Waals surface area contributed by atoms with Crippen LogP contribution in [0.25, 0.3) is 0 Å². The molecular formula is C13H15F2N3O. The Hall–Kier alpha value is -1.95. The van der Waals surface area contributed by atoms with Crippen LogP contribution >= 0.6 is 0 Å². The summed E-state index contributed by atoms with van der Waals surface area (Å²) < 4.78 is 32.1. The SMILES string of the molecule is CC1CCC(Oc2c(F)cccc2F)=NC=C1NN. The van der Waals surface area contributed by atoms with Gasteiger partial charge < -0.3 is 10.2 Å². The second-order valence-electron chi connectivity index (χ2n) is 4.34. The van der Waals surface area contributed by atoms with Crippen LogP contribution in [0.1, 0.15) is 19.8 Å². The van der Waals surface area contributed by atoms with Gasteiger partial charge in [-0.25, -0.2) is 13.8 Å². The van der Waals surface area contributed by atoms with E-state index in [0.717, 1.165) is 24.3 Å². The number of para-hydroxylation sites is 1. The number of hydrogen-bond donors (Lipinski definition) is 2. The zero-order valence-corrected chi connectivity index (χ0v) is 10.5. The summed E-state index contributed by atoms with van der Waals surface area (Å²) >= 11 is 0. The maximum Gasteiger partial charge on any atom is 0.200 e. The van der Waals surface area contributed by atoms with Gasteiger partial charge in [-0.2, -0.15) is 0 Å². The van der Waals surface area contributed by atoms with Crippen molar-refractivity contribution in [3.8, 4) is 5.75 Å². The van der Waals surface area contributed by atoms with E-state index < -0.39 is 17.4 Å². The van der Waals surface area contributed by atoms with Gasteiger partial charge in [0.05, 0.1) is 6.20 Å². The minimum Gasteiger partial charge on any atom is -0.437 e. The van der Waals surface area contributed by atoms with Crippen molar-refractivity contribution in [2.45, 2.75) is 19.8 Å². The average molecular weight is 267 g/mol. The summed E-state index contributed by atoms with van der Waals surface area (Å²) in [5.74, 6) is 3.88. The topological polar surface area (TPSA) is 59.6 Å². The summed E-state index contributed by atoms with van der Waals surface area (Å²) in [7, 11) is 0. The van der Waals surface area contributed by atoms with Gasteiger partial charge in [0.15, 0.2) is 23.3 Å². The lowest BCUT2D eigenvalue weighted by atomic mass is 10.0. The summed E-state index contributed by atoms with van der Waals surface area (Å²) in [6.07, 6.45) is 2.73. The van der Waals surface area contributed by atoms with Crippen molar-refractivity contribution in [1.82, 2.24) is 5.43 Å². The van der Waals surface area contributed by atoms with Crippen molar-refractivity contribution < 1.29 is 13.5 Å². The highest BCUT2D eigenvalue weighted by molar-refractivity contribution is 5.79. The Morgan fingerprint density at radius 3 is 2.68 bits per heavy atom. The number of nitrogens with zero attached hydrogens (tertiary/aromatic N) is 1. The van der Waals surface area contributed by atoms with Crippen LogP contribution < -0.4 is 16.0 Å². The second kappa shape index (κ2) is 5.79. The monoisotopic (exact) mass is 267 g/mol. The standard InChI is InChI=1S/C13H15F2N3O/c1-8-5-6-12(17-7-11(8)18-16)19-13-9(14)3-2-4-10(13)15/h2-4,7-8,18H,5-6,16H2,1H3. The number of nitrogens with one attached hydrogen (secondary N) is 1. The van der Waals surface area contributed by atoms with Crippen molar-refractivity contribution in [3.63, 3.8) is 0 Å². The first-order valence-electron chi connectivity index (χ1n) is 5.97. The Bertz CT molecular complexity index is 508. The Labute approximate surface area is 109 Å². The summed E-state index contributed by atoms with van der Waals surface area (Å²) in [5.41, 5.74) is 3.31. The van der Waals surface area contributed by atoms with Gasteiger partial charge in [0.1, 0.15) is 0 Å². The van der Waals surface area contributed by atoms with E-state index >= 15 is 0 Å². The molecule has 0 spiro atoms. The van der Waals surface area contributed by atoms with Crippen LogP contribution in [0.4, 0.5) is 8.78 Å². The highest BCUT2D eigenvalue weighted by Gasteiger charge is 2.17. The number of aliphatic imine (C=N–C) groups is 1. The number of allylic oxidation sites excluding steroid dienone is 1. The van der Waals surface area contributed by atoms with E-state index in [1.165, 1.54) is 12.3 Å². The molecule has 1 aromatic rings. The fourth-order valence-electron chi connectivity index (χ4n) is 1.78. The molecule has 6 heteroatoms. The molecule has 1 atom stereocenters. The van der Waals surface area contributed by atoms with Crippen molar-refractivity contribution >= 4 is 5.90 Å². The first-order valence-corrected chi connectivity index (χ1v) is 5.97. The molecule has 0 radical (unpaired) electrons. The summed E-state index contributed by atoms with van der Waals surface area (Å²) in [6, 6.07) is 3.56. The lowest BCUT2D eigenvalue weighted by Crippen LogP contribution is -2.25. The predicted octanol–water partition coefficient (Wildman–Crippen LogP) is 2.48. The van der Waals surface area contributed by atoms with E-state index in [-0.39, 0.29) is 11.8 Å². The predicted molar refractivity (Wildman–Crippen MR) is 68.2 cm³/mol. The average Bonchev–Trinajstić information content (AvgIpc) is 2.56. The van der Waals surface area contributed by atoms with Crippen LogP contribution in [-0.4, -0.2) is 5.90 Å². The molecule has 19 heavy (non-hydrogen) atoms. The van der Waals surface area contributed by atoms with E-state index in [4.69, 9.17) is 10.6 Å². The van der Waals surface area contributed by atoms with Crippen molar-refractivity contribution in [3.05, 3.63) is 41.7 Å². The number of ether oxygens (including phenoxy) is 1. The number of hydrazine groups is 1. The van der Waals surface area contributed by atoms with Crippen molar-refractivity contribution in [1.29, 1.82) is 0 Å². The molecule has 0 aliphatic carbocycles. The quantitative estimate of drug-likeness (QED) is 0.639. The highest BCUT2D eigenvalue weighted by Crippen LogP contribution is 2.24. The van der Waals surface area contributed by atoms with Gasteiger partial charge in [0.2, 0.25) is 0 Å². The number of nitrogens with two attached hydrogens (primary N) is 1. The minimum absolute atomic E-state index is 0.181. The molecule has 3 N–H and O–H groups in total. The molecular weight excluding hydrogens is 252 g/mol. The van der Waals surface area contributed by atoms with Gasteiger partial charge in [0, 0.05) is 12.1 Å². The summed E-state index contributed by atoms with van der Waals surface area (Å²) in [6.45, 7) is 1.98. The third-order valence-electron chi connectivity index (χ3n) is 2.98. The summed E-state index contributed by atoms with van der Waals surface area (Å²) in [4.78, 5) is 4.06. The maximum absolute atomic E-state index is 13.5. The lowest BCUT2D eigenvalue weighted by molar-refractivity contribution is 0.434. The molecule has 1 aliphatic rings. The minimum atomic E-state index is -0.749. The molecule has 0 fully saturated rings. The molecule has 0 saturated heterocycles. The molecule has 1 heterocycles. The number of rotatable bonds is 2. The molecule has 1 unspecified atom stereocenters. The number of hydrogen-bond acceptors (Lipinski definition) is 4. The van der Waals surface area contributed by atoms with Crippen LogP contribution in [0, 0.1) is 17.6 Å². The zero-order valence-electron chi connectivity index (χ0n) is 10.5. The van der Waals surface area contributed by atoms with E-state index in [2.05, 4.69) is 10.4 Å². The fourth-order valence-corrected chi connectivity index (χ4v) is 1.78. The van der Waals surface area contributed by atoms with Gasteiger partial charge in [-0.3, -0.25) is 5.84 Å². The molecule has 0 amide bonds. The van der Waals surface area contributed by atoms with Gasteiger partial charge >= 0.3 is 0 Å². The molecule has 0 bridgehead atoms. The maximum atomic E-state index is 13.5. The Morgan fingerprint density at radius 2 is 2.05 bits per heavy atom. The fraction of sp³-hybridized carbons (Fsp3) is 0.308. The lowest BCUT2D eigenvalue weighted by Gasteiger charge is -2.12. The van der Waals surface area contributed by atoms with Crippen molar-refractivity contribution in [2.75, 3.05) is 0 Å². The summed E-state index contributed by atoms with van der Waals surface area (Å²) in [5, 5.41) is 0. The largest absolute Gasteiger partial charge is 0.437 e.